The maximum atomic E-state index is 15.4. The highest BCUT2D eigenvalue weighted by Gasteiger charge is 2.62. The molecule has 1 aliphatic rings. The van der Waals surface area contributed by atoms with Crippen molar-refractivity contribution in [1.82, 2.24) is 9.55 Å². The van der Waals surface area contributed by atoms with E-state index < -0.39 is 60.1 Å². The minimum atomic E-state index is -4.05. The summed E-state index contributed by atoms with van der Waals surface area (Å²) in [5.41, 5.74) is -5.30. The zero-order valence-corrected chi connectivity index (χ0v) is 23.7. The van der Waals surface area contributed by atoms with E-state index in [1.54, 1.807) is 0 Å². The number of alkyl halides is 3. The number of aliphatic hydroxyl groups excluding tert-OH is 1. The van der Waals surface area contributed by atoms with Gasteiger partial charge >= 0.3 is 12.4 Å². The summed E-state index contributed by atoms with van der Waals surface area (Å²) >= 11 is 11.2. The Morgan fingerprint density at radius 2 is 1.54 bits per heavy atom. The van der Waals surface area contributed by atoms with E-state index in [1.807, 2.05) is 4.98 Å². The molecule has 41 heavy (non-hydrogen) atoms. The number of rotatable bonds is 11. The van der Waals surface area contributed by atoms with Crippen molar-refractivity contribution in [3.63, 3.8) is 0 Å². The summed E-state index contributed by atoms with van der Waals surface area (Å²) < 4.78 is 77.5. The second-order valence-electron chi connectivity index (χ2n) is 8.55. The predicted octanol–water partition coefficient (Wildman–Crippen LogP) is 3.84. The molecule has 0 amide bonds. The third kappa shape index (κ3) is 6.55. The van der Waals surface area contributed by atoms with Crippen LogP contribution in [0.5, 0.6) is 23.0 Å². The monoisotopic (exact) mass is 638 g/mol. The Morgan fingerprint density at radius 3 is 2.00 bits per heavy atom. The number of hydrogen-bond donors (Lipinski definition) is 2. The number of H-pyrrole nitrogens is 1. The number of nitrogens with zero attached hydrogens (tertiary/aromatic N) is 1. The van der Waals surface area contributed by atoms with Crippen molar-refractivity contribution in [2.24, 2.45) is 0 Å². The van der Waals surface area contributed by atoms with Crippen LogP contribution in [-0.4, -0.2) is 59.8 Å². The number of hydrogen-bond acceptors (Lipinski definition) is 10. The van der Waals surface area contributed by atoms with E-state index in [-0.39, 0.29) is 11.5 Å². The summed E-state index contributed by atoms with van der Waals surface area (Å²) in [7, 11) is 2.90. The van der Waals surface area contributed by atoms with Gasteiger partial charge in [0.05, 0.1) is 20.8 Å². The fraction of sp³-hybridized carbons (Fsp3) is 0.333. The van der Waals surface area contributed by atoms with Crippen LogP contribution in [0.25, 0.3) is 0 Å². The molecule has 2 aromatic carbocycles. The Balaban J connectivity index is 1.65. The molecule has 0 saturated carbocycles. The molecule has 3 aromatic rings. The molecule has 0 radical (unpaired) electrons. The fourth-order valence-corrected chi connectivity index (χ4v) is 5.88. The highest BCUT2D eigenvalue weighted by atomic mass is 35.5. The second-order valence-corrected chi connectivity index (χ2v) is 11.8. The molecule has 2 heterocycles. The summed E-state index contributed by atoms with van der Waals surface area (Å²) in [5.74, 6) is 1.20. The predicted molar refractivity (Wildman–Crippen MR) is 144 cm³/mol. The number of methoxy groups -OCH3 is 2. The maximum Gasteiger partial charge on any atom is 0.435 e. The smallest absolute Gasteiger partial charge is 0.435 e. The number of aromatic amines is 1. The van der Waals surface area contributed by atoms with Crippen LogP contribution in [0.4, 0.5) is 13.2 Å². The van der Waals surface area contributed by atoms with Gasteiger partial charge < -0.3 is 28.4 Å². The fourth-order valence-electron chi connectivity index (χ4n) is 3.80. The van der Waals surface area contributed by atoms with Gasteiger partial charge in [-0.25, -0.2) is 18.0 Å². The molecule has 1 saturated heterocycles. The van der Waals surface area contributed by atoms with Gasteiger partial charge in [-0.05, 0) is 48.5 Å². The lowest BCUT2D eigenvalue weighted by atomic mass is 9.98. The molecule has 0 unspecified atom stereocenters. The van der Waals surface area contributed by atoms with E-state index in [2.05, 4.69) is 0 Å². The van der Waals surface area contributed by atoms with Crippen LogP contribution in [0.2, 0.25) is 5.02 Å². The number of ether oxygens (including phenoxy) is 3. The summed E-state index contributed by atoms with van der Waals surface area (Å²) in [5, 5.41) is 9.96. The second kappa shape index (κ2) is 12.4. The lowest BCUT2D eigenvalue weighted by Gasteiger charge is -2.32. The van der Waals surface area contributed by atoms with E-state index in [0.29, 0.717) is 16.1 Å². The van der Waals surface area contributed by atoms with E-state index in [0.717, 1.165) is 6.20 Å². The van der Waals surface area contributed by atoms with E-state index in [1.165, 1.54) is 62.8 Å². The van der Waals surface area contributed by atoms with Crippen molar-refractivity contribution in [2.45, 2.75) is 30.5 Å². The zero-order chi connectivity index (χ0) is 29.9. The minimum Gasteiger partial charge on any atom is -0.497 e. The lowest BCUT2D eigenvalue weighted by Crippen LogP contribution is -2.50. The van der Waals surface area contributed by atoms with Gasteiger partial charge in [0.2, 0.25) is 0 Å². The number of aromatic nitrogens is 2. The number of nitrogens with one attached hydrogen (secondary N) is 1. The molecule has 1 fully saturated rings. The molecule has 17 heteroatoms. The third-order valence-electron chi connectivity index (χ3n) is 5.97. The first-order valence-corrected chi connectivity index (χ1v) is 14.6. The topological polar surface area (TPSA) is 130 Å². The van der Waals surface area contributed by atoms with Crippen molar-refractivity contribution < 1.29 is 46.1 Å². The first kappa shape index (κ1) is 30.9. The Kier molecular flexibility index (Phi) is 9.36. The molecule has 2 N–H and O–H groups in total. The molecule has 1 aliphatic heterocycles. The van der Waals surface area contributed by atoms with Crippen molar-refractivity contribution in [2.75, 3.05) is 20.8 Å². The quantitative estimate of drug-likeness (QED) is 0.299. The van der Waals surface area contributed by atoms with E-state index in [4.69, 9.17) is 51.2 Å². The van der Waals surface area contributed by atoms with Gasteiger partial charge in [-0.15, -0.1) is 0 Å². The molecule has 0 aliphatic carbocycles. The summed E-state index contributed by atoms with van der Waals surface area (Å²) in [6.07, 6.45) is -9.97. The van der Waals surface area contributed by atoms with Crippen LogP contribution in [0.1, 0.15) is 6.23 Å². The van der Waals surface area contributed by atoms with Crippen molar-refractivity contribution in [3.05, 3.63) is 80.6 Å². The lowest BCUT2D eigenvalue weighted by molar-refractivity contribution is -0.183. The van der Waals surface area contributed by atoms with Gasteiger partial charge in [-0.1, -0.05) is 11.6 Å². The number of benzene rings is 2. The average Bonchev–Trinajstić information content (AvgIpc) is 3.21. The minimum absolute atomic E-state index is 0.116. The van der Waals surface area contributed by atoms with Crippen LogP contribution >= 0.6 is 18.3 Å². The van der Waals surface area contributed by atoms with Gasteiger partial charge in [0.1, 0.15) is 34.1 Å². The largest absolute Gasteiger partial charge is 0.497 e. The zero-order valence-electron chi connectivity index (χ0n) is 21.2. The van der Waals surface area contributed by atoms with Gasteiger partial charge in [0, 0.05) is 18.0 Å². The normalized spacial score (nSPS) is 22.5. The van der Waals surface area contributed by atoms with Crippen LogP contribution in [0, 0.1) is 0 Å². The summed E-state index contributed by atoms with van der Waals surface area (Å²) in [4.78, 5) is 25.7. The molecule has 1 aromatic heterocycles. The molecule has 11 nitrogen and oxygen atoms in total. The van der Waals surface area contributed by atoms with Crippen molar-refractivity contribution in [3.8, 4) is 23.0 Å². The Labute approximate surface area is 240 Å². The number of aliphatic hydroxyl groups is 1. The van der Waals surface area contributed by atoms with Gasteiger partial charge in [0.25, 0.3) is 12.0 Å². The molecule has 0 bridgehead atoms. The van der Waals surface area contributed by atoms with Gasteiger partial charge in [-0.2, -0.15) is 0 Å². The molecular formula is C24H23ClF3N2O9PS. The van der Waals surface area contributed by atoms with Crippen molar-refractivity contribution in [1.29, 1.82) is 0 Å². The maximum absolute atomic E-state index is 15.4. The Morgan fingerprint density at radius 1 is 1.05 bits per heavy atom. The standard InChI is InChI=1S/C24H23ClF3N2O9PS/c1-34-13-3-7-15(8-4-13)38-40(41,39-16-9-5-14(35-2)6-10-16)36-12-24(22(27)28)19(26)18(31)21(37-24)30-11-17(25)20(32)29-23(30)33/h3-11,18-19,21-22,31H,12H2,1-2H3,(H,29,32,33)/t18-,19-,21-,24-/m1/s1. The summed E-state index contributed by atoms with van der Waals surface area (Å²) in [6, 6.07) is 12.0. The SMILES string of the molecule is COc1ccc(OP(=S)(OC[C@@]2(C(F)F)O[C@@H](n3cc(Cl)c(=O)[nH]c3=O)[C@H](O)[C@H]2F)Oc2ccc(OC)cc2)cc1. The molecule has 4 rings (SSSR count). The van der Waals surface area contributed by atoms with Crippen LogP contribution in [0.15, 0.2) is 64.3 Å². The van der Waals surface area contributed by atoms with Gasteiger partial charge in [0.15, 0.2) is 18.0 Å². The Bertz CT molecular complexity index is 1470. The molecule has 222 valence electrons. The molecule has 0 spiro atoms. The summed E-state index contributed by atoms with van der Waals surface area (Å²) in [6.45, 7) is -5.32. The average molecular weight is 639 g/mol. The van der Waals surface area contributed by atoms with Crippen molar-refractivity contribution >= 4 is 30.1 Å². The number of halogens is 4. The van der Waals surface area contributed by atoms with E-state index >= 15 is 4.39 Å². The van der Waals surface area contributed by atoms with E-state index in [9.17, 15) is 23.5 Å². The highest BCUT2D eigenvalue weighted by molar-refractivity contribution is 8.07. The van der Waals surface area contributed by atoms with Crippen LogP contribution < -0.4 is 29.8 Å². The first-order valence-electron chi connectivity index (χ1n) is 11.6. The first-order chi connectivity index (χ1) is 19.4. The Hall–Kier alpha value is -3.07. The van der Waals surface area contributed by atoms with Crippen LogP contribution in [0.3, 0.4) is 0 Å². The third-order valence-corrected chi connectivity index (χ3v) is 8.32. The van der Waals surface area contributed by atoms with Crippen LogP contribution in [-0.2, 0) is 21.1 Å². The molecular weight excluding hydrogens is 616 g/mol. The highest BCUT2D eigenvalue weighted by Crippen LogP contribution is 2.53. The molecule has 4 atom stereocenters. The van der Waals surface area contributed by atoms with Gasteiger partial charge in [-0.3, -0.25) is 18.9 Å².